The molecule has 0 saturated heterocycles. The van der Waals surface area contributed by atoms with Gasteiger partial charge in [0.15, 0.2) is 5.69 Å². The molecule has 32 heavy (non-hydrogen) atoms. The summed E-state index contributed by atoms with van der Waals surface area (Å²) < 4.78 is 15.4. The largest absolute Gasteiger partial charge is 0.364 e. The van der Waals surface area contributed by atoms with E-state index < -0.39 is 29.6 Å². The monoisotopic (exact) mass is 459 g/mol. The van der Waals surface area contributed by atoms with Crippen LogP contribution in [0.25, 0.3) is 10.9 Å². The van der Waals surface area contributed by atoms with Crippen LogP contribution in [0.4, 0.5) is 4.39 Å². The highest BCUT2D eigenvalue weighted by Gasteiger charge is 2.22. The molecule has 0 unspecified atom stereocenters. The van der Waals surface area contributed by atoms with Crippen molar-refractivity contribution in [2.45, 2.75) is 38.9 Å². The first-order valence-electron chi connectivity index (χ1n) is 10.1. The Morgan fingerprint density at radius 3 is 2.66 bits per heavy atom. The van der Waals surface area contributed by atoms with Crippen LogP contribution >= 0.6 is 11.6 Å². The van der Waals surface area contributed by atoms with Crippen LogP contribution in [-0.4, -0.2) is 33.5 Å². The number of para-hydroxylation sites is 1. The zero-order valence-electron chi connectivity index (χ0n) is 17.4. The molecule has 1 heterocycles. The molecule has 0 aliphatic carbocycles. The van der Waals surface area contributed by atoms with Gasteiger partial charge >= 0.3 is 0 Å². The molecule has 8 nitrogen and oxygen atoms in total. The van der Waals surface area contributed by atoms with Gasteiger partial charge in [0.1, 0.15) is 18.4 Å². The minimum absolute atomic E-state index is 0.0306. The van der Waals surface area contributed by atoms with Gasteiger partial charge in [-0.2, -0.15) is 5.10 Å². The van der Waals surface area contributed by atoms with Crippen LogP contribution in [0.1, 0.15) is 35.8 Å². The Morgan fingerprint density at radius 2 is 1.94 bits per heavy atom. The van der Waals surface area contributed by atoms with E-state index >= 15 is 0 Å². The Hall–Kier alpha value is -3.46. The smallest absolute Gasteiger partial charge is 0.269 e. The number of rotatable bonds is 9. The van der Waals surface area contributed by atoms with Gasteiger partial charge < -0.3 is 16.4 Å². The zero-order chi connectivity index (χ0) is 23.3. The summed E-state index contributed by atoms with van der Waals surface area (Å²) in [4.78, 5) is 36.9. The van der Waals surface area contributed by atoms with Gasteiger partial charge in [-0.05, 0) is 18.6 Å². The normalized spacial score (nSPS) is 11.8. The van der Waals surface area contributed by atoms with Crippen molar-refractivity contribution in [2.24, 2.45) is 5.73 Å². The van der Waals surface area contributed by atoms with E-state index in [0.717, 1.165) is 0 Å². The van der Waals surface area contributed by atoms with Gasteiger partial charge in [0.2, 0.25) is 11.8 Å². The van der Waals surface area contributed by atoms with Crippen LogP contribution in [0, 0.1) is 5.82 Å². The second kappa shape index (κ2) is 10.2. The summed E-state index contributed by atoms with van der Waals surface area (Å²) in [5.41, 5.74) is 6.27. The number of hydrogen-bond donors (Lipinski definition) is 3. The number of hydrogen-bond acceptors (Lipinski definition) is 4. The minimum Gasteiger partial charge on any atom is -0.364 e. The Morgan fingerprint density at radius 1 is 1.19 bits per heavy atom. The standard InChI is InChI=1S/C22H23ClFN5O3/c1-2-6-16(22(32)26-11-13-7-5-9-15(23)19(13)24)27-18(30)12-29-17-10-4-3-8-14(17)20(28-29)21(25)31/h3-5,7-10,16H,2,6,11-12H2,1H3,(H2,25,31)(H,26,32)(H,27,30)/t16-/m0/s1. The molecular weight excluding hydrogens is 437 g/mol. The summed E-state index contributed by atoms with van der Waals surface area (Å²) in [5, 5.41) is 9.98. The Bertz CT molecular complexity index is 1160. The van der Waals surface area contributed by atoms with Crippen molar-refractivity contribution >= 4 is 40.2 Å². The van der Waals surface area contributed by atoms with Crippen molar-refractivity contribution in [1.82, 2.24) is 20.4 Å². The number of benzene rings is 2. The molecule has 0 aliphatic heterocycles. The highest BCUT2D eigenvalue weighted by molar-refractivity contribution is 6.30. The number of aromatic nitrogens is 2. The molecule has 0 saturated carbocycles. The maximum atomic E-state index is 14.0. The lowest BCUT2D eigenvalue weighted by molar-refractivity contribution is -0.129. The lowest BCUT2D eigenvalue weighted by Crippen LogP contribution is -2.47. The van der Waals surface area contributed by atoms with Gasteiger partial charge in [0.05, 0.1) is 10.5 Å². The fraction of sp³-hybridized carbons (Fsp3) is 0.273. The van der Waals surface area contributed by atoms with Crippen LogP contribution < -0.4 is 16.4 Å². The minimum atomic E-state index is -0.813. The first-order chi connectivity index (χ1) is 15.3. The molecule has 3 rings (SSSR count). The molecule has 3 amide bonds. The number of nitrogens with zero attached hydrogens (tertiary/aromatic N) is 2. The van der Waals surface area contributed by atoms with Crippen molar-refractivity contribution in [1.29, 1.82) is 0 Å². The van der Waals surface area contributed by atoms with Crippen molar-refractivity contribution < 1.29 is 18.8 Å². The summed E-state index contributed by atoms with van der Waals surface area (Å²) >= 11 is 5.77. The van der Waals surface area contributed by atoms with E-state index in [0.29, 0.717) is 23.7 Å². The number of nitrogens with one attached hydrogen (secondary N) is 2. The van der Waals surface area contributed by atoms with Crippen LogP contribution in [0.5, 0.6) is 0 Å². The average Bonchev–Trinajstić information content (AvgIpc) is 3.13. The maximum Gasteiger partial charge on any atom is 0.269 e. The molecule has 10 heteroatoms. The number of amides is 3. The lowest BCUT2D eigenvalue weighted by atomic mass is 10.1. The Kier molecular flexibility index (Phi) is 7.42. The fourth-order valence-corrected chi connectivity index (χ4v) is 3.55. The van der Waals surface area contributed by atoms with Crippen molar-refractivity contribution in [2.75, 3.05) is 0 Å². The summed E-state index contributed by atoms with van der Waals surface area (Å²) in [5.74, 6) is -2.20. The summed E-state index contributed by atoms with van der Waals surface area (Å²) in [6, 6.07) is 10.6. The molecule has 4 N–H and O–H groups in total. The SMILES string of the molecule is CCC[C@H](NC(=O)Cn1nc(C(N)=O)c2ccccc21)C(=O)NCc1cccc(Cl)c1F. The topological polar surface area (TPSA) is 119 Å². The molecule has 0 radical (unpaired) electrons. The lowest BCUT2D eigenvalue weighted by Gasteiger charge is -2.18. The van der Waals surface area contributed by atoms with E-state index in [1.54, 1.807) is 30.3 Å². The molecule has 1 aromatic heterocycles. The van der Waals surface area contributed by atoms with Crippen molar-refractivity contribution in [3.8, 4) is 0 Å². The van der Waals surface area contributed by atoms with E-state index in [-0.39, 0.29) is 29.4 Å². The second-order valence-electron chi connectivity index (χ2n) is 7.23. The molecule has 0 spiro atoms. The first kappa shape index (κ1) is 23.2. The van der Waals surface area contributed by atoms with E-state index in [2.05, 4.69) is 15.7 Å². The third-order valence-corrected chi connectivity index (χ3v) is 5.19. The predicted molar refractivity (Wildman–Crippen MR) is 118 cm³/mol. The highest BCUT2D eigenvalue weighted by Crippen LogP contribution is 2.19. The molecular formula is C22H23ClFN5O3. The quantitative estimate of drug-likeness (QED) is 0.455. The van der Waals surface area contributed by atoms with Crippen LogP contribution in [0.3, 0.4) is 0 Å². The summed E-state index contributed by atoms with van der Waals surface area (Å²) in [6.07, 6.45) is 1.03. The zero-order valence-corrected chi connectivity index (χ0v) is 18.2. The van der Waals surface area contributed by atoms with E-state index in [1.165, 1.54) is 16.8 Å². The van der Waals surface area contributed by atoms with Gasteiger partial charge in [-0.25, -0.2) is 4.39 Å². The van der Waals surface area contributed by atoms with E-state index in [4.69, 9.17) is 17.3 Å². The van der Waals surface area contributed by atoms with Crippen LogP contribution in [0.2, 0.25) is 5.02 Å². The third-order valence-electron chi connectivity index (χ3n) is 4.90. The summed E-state index contributed by atoms with van der Waals surface area (Å²) in [7, 11) is 0. The highest BCUT2D eigenvalue weighted by atomic mass is 35.5. The maximum absolute atomic E-state index is 14.0. The van der Waals surface area contributed by atoms with Gasteiger partial charge in [-0.1, -0.05) is 55.3 Å². The molecule has 0 aliphatic rings. The molecule has 0 fully saturated rings. The molecule has 1 atom stereocenters. The molecule has 168 valence electrons. The fourth-order valence-electron chi connectivity index (χ4n) is 3.35. The number of halogens is 2. The Balaban J connectivity index is 1.69. The number of carbonyl (C=O) groups excluding carboxylic acids is 3. The molecule has 0 bridgehead atoms. The Labute approximate surface area is 188 Å². The van der Waals surface area contributed by atoms with Crippen molar-refractivity contribution in [3.63, 3.8) is 0 Å². The predicted octanol–water partition coefficient (Wildman–Crippen LogP) is 2.53. The van der Waals surface area contributed by atoms with Gasteiger partial charge in [0, 0.05) is 17.5 Å². The van der Waals surface area contributed by atoms with Crippen LogP contribution in [0.15, 0.2) is 42.5 Å². The molecule has 2 aromatic carbocycles. The number of primary amides is 1. The van der Waals surface area contributed by atoms with Gasteiger partial charge in [0.25, 0.3) is 5.91 Å². The average molecular weight is 460 g/mol. The summed E-state index contributed by atoms with van der Waals surface area (Å²) in [6.45, 7) is 1.61. The second-order valence-corrected chi connectivity index (χ2v) is 7.63. The number of fused-ring (bicyclic) bond motifs is 1. The van der Waals surface area contributed by atoms with E-state index in [1.807, 2.05) is 6.92 Å². The third kappa shape index (κ3) is 5.23. The number of nitrogens with two attached hydrogens (primary N) is 1. The van der Waals surface area contributed by atoms with Crippen molar-refractivity contribution in [3.05, 3.63) is 64.6 Å². The van der Waals surface area contributed by atoms with Gasteiger partial charge in [-0.15, -0.1) is 0 Å². The first-order valence-corrected chi connectivity index (χ1v) is 10.4. The van der Waals surface area contributed by atoms with E-state index in [9.17, 15) is 18.8 Å². The molecule has 3 aromatic rings. The van der Waals surface area contributed by atoms with Gasteiger partial charge in [-0.3, -0.25) is 19.1 Å². The van der Waals surface area contributed by atoms with Crippen LogP contribution in [-0.2, 0) is 22.7 Å². The number of carbonyl (C=O) groups is 3.